The van der Waals surface area contributed by atoms with Gasteiger partial charge in [-0.1, -0.05) is 6.07 Å². The van der Waals surface area contributed by atoms with Crippen molar-refractivity contribution in [1.82, 2.24) is 4.90 Å². The zero-order chi connectivity index (χ0) is 16.8. The van der Waals surface area contributed by atoms with Crippen LogP contribution in [0.4, 0.5) is 0 Å². The molecule has 0 aliphatic carbocycles. The molecule has 0 aromatic carbocycles. The van der Waals surface area contributed by atoms with E-state index >= 15 is 0 Å². The predicted molar refractivity (Wildman–Crippen MR) is 90.2 cm³/mol. The number of quaternary nitrogens is 1. The molecule has 6 nitrogen and oxygen atoms in total. The summed E-state index contributed by atoms with van der Waals surface area (Å²) in [5.74, 6) is 0.333. The summed E-state index contributed by atoms with van der Waals surface area (Å²) in [5, 5.41) is 12.1. The molecular formula is C17H23N2O4S+. The summed E-state index contributed by atoms with van der Waals surface area (Å²) in [6.07, 6.45) is 1.04. The van der Waals surface area contributed by atoms with E-state index < -0.39 is 6.10 Å². The summed E-state index contributed by atoms with van der Waals surface area (Å²) in [6.45, 7) is 4.55. The smallest absolute Gasteiger partial charge is 0.289 e. The minimum Gasteiger partial charge on any atom is -0.459 e. The zero-order valence-corrected chi connectivity index (χ0v) is 14.3. The number of aliphatic hydroxyl groups is 1. The summed E-state index contributed by atoms with van der Waals surface area (Å²) in [5.41, 5.74) is 0. The molecule has 1 atom stereocenters. The Morgan fingerprint density at radius 3 is 2.88 bits per heavy atom. The van der Waals surface area contributed by atoms with E-state index in [-0.39, 0.29) is 5.91 Å². The molecule has 2 aromatic heterocycles. The molecule has 1 saturated heterocycles. The van der Waals surface area contributed by atoms with Crippen molar-refractivity contribution in [3.8, 4) is 0 Å². The molecule has 1 aliphatic heterocycles. The number of aliphatic hydroxyl groups excluding tert-OH is 1. The van der Waals surface area contributed by atoms with E-state index in [1.165, 1.54) is 16.0 Å². The van der Waals surface area contributed by atoms with Crippen LogP contribution < -0.4 is 4.90 Å². The van der Waals surface area contributed by atoms with Gasteiger partial charge in [0.1, 0.15) is 12.6 Å². The highest BCUT2D eigenvalue weighted by molar-refractivity contribution is 7.09. The maximum Gasteiger partial charge on any atom is 0.289 e. The van der Waals surface area contributed by atoms with Crippen molar-refractivity contribution in [2.75, 3.05) is 39.3 Å². The molecule has 0 saturated carbocycles. The second kappa shape index (κ2) is 8.43. The molecule has 2 N–H and O–H groups in total. The van der Waals surface area contributed by atoms with Gasteiger partial charge in [-0.15, -0.1) is 11.3 Å². The molecule has 1 aliphatic rings. The first kappa shape index (κ1) is 17.2. The lowest BCUT2D eigenvalue weighted by Gasteiger charge is -2.32. The van der Waals surface area contributed by atoms with E-state index in [2.05, 4.69) is 0 Å². The molecule has 24 heavy (non-hydrogen) atoms. The van der Waals surface area contributed by atoms with E-state index in [1.807, 2.05) is 22.4 Å². The fourth-order valence-electron chi connectivity index (χ4n) is 2.87. The van der Waals surface area contributed by atoms with Gasteiger partial charge < -0.3 is 24.1 Å². The number of hydrogen-bond acceptors (Lipinski definition) is 5. The molecule has 0 bridgehead atoms. The van der Waals surface area contributed by atoms with Crippen molar-refractivity contribution in [2.24, 2.45) is 0 Å². The van der Waals surface area contributed by atoms with Crippen LogP contribution in [0.25, 0.3) is 0 Å². The Balaban J connectivity index is 1.35. The highest BCUT2D eigenvalue weighted by Crippen LogP contribution is 2.09. The van der Waals surface area contributed by atoms with Gasteiger partial charge >= 0.3 is 0 Å². The molecule has 0 radical (unpaired) electrons. The number of carbonyl (C=O) groups is 1. The highest BCUT2D eigenvalue weighted by Gasteiger charge is 2.27. The Kier molecular flexibility index (Phi) is 6.03. The Hall–Kier alpha value is -1.67. The lowest BCUT2D eigenvalue weighted by molar-refractivity contribution is -0.907. The van der Waals surface area contributed by atoms with Crippen LogP contribution >= 0.6 is 11.3 Å². The van der Waals surface area contributed by atoms with Crippen LogP contribution in [0.15, 0.2) is 40.3 Å². The van der Waals surface area contributed by atoms with E-state index in [0.717, 1.165) is 13.1 Å². The van der Waals surface area contributed by atoms with Gasteiger partial charge in [0.2, 0.25) is 0 Å². The van der Waals surface area contributed by atoms with Gasteiger partial charge in [-0.25, -0.2) is 0 Å². The molecule has 3 rings (SSSR count). The number of ether oxygens (including phenoxy) is 1. The van der Waals surface area contributed by atoms with E-state index in [4.69, 9.17) is 9.15 Å². The first-order chi connectivity index (χ1) is 11.7. The number of hydrogen-bond donors (Lipinski definition) is 2. The molecule has 2 aromatic rings. The van der Waals surface area contributed by atoms with Crippen molar-refractivity contribution in [1.29, 1.82) is 0 Å². The Morgan fingerprint density at radius 1 is 1.38 bits per heavy atom. The van der Waals surface area contributed by atoms with Gasteiger partial charge in [-0.3, -0.25) is 4.79 Å². The topological polar surface area (TPSA) is 67.4 Å². The van der Waals surface area contributed by atoms with E-state index in [1.54, 1.807) is 23.5 Å². The standard InChI is InChI=1S/C17H22N2O4S/c20-14(12-22-13-15-3-2-10-24-15)11-18-5-7-19(8-6-18)17(21)16-4-1-9-23-16/h1-4,9-10,14,20H,5-8,11-13H2/p+1/t14-/m0/s1. The third kappa shape index (κ3) is 4.67. The van der Waals surface area contributed by atoms with Gasteiger partial charge in [-0.2, -0.15) is 0 Å². The average Bonchev–Trinajstić information content (AvgIpc) is 3.29. The maximum atomic E-state index is 12.2. The predicted octanol–water partition coefficient (Wildman–Crippen LogP) is 0.260. The summed E-state index contributed by atoms with van der Waals surface area (Å²) < 4.78 is 10.7. The van der Waals surface area contributed by atoms with E-state index in [9.17, 15) is 9.90 Å². The van der Waals surface area contributed by atoms with Crippen LogP contribution in [0.5, 0.6) is 0 Å². The van der Waals surface area contributed by atoms with Crippen LogP contribution in [0.3, 0.4) is 0 Å². The van der Waals surface area contributed by atoms with Crippen molar-refractivity contribution >= 4 is 17.2 Å². The molecule has 7 heteroatoms. The zero-order valence-electron chi connectivity index (χ0n) is 13.5. The Labute approximate surface area is 145 Å². The summed E-state index contributed by atoms with van der Waals surface area (Å²) in [4.78, 5) is 16.5. The Bertz CT molecular complexity index is 607. The Morgan fingerprint density at radius 2 is 2.21 bits per heavy atom. The number of thiophene rings is 1. The molecule has 0 unspecified atom stereocenters. The number of piperazine rings is 1. The van der Waals surface area contributed by atoms with Crippen LogP contribution in [0.1, 0.15) is 15.4 Å². The molecule has 0 spiro atoms. The van der Waals surface area contributed by atoms with Crippen molar-refractivity contribution in [3.63, 3.8) is 0 Å². The minimum absolute atomic E-state index is 0.0566. The number of nitrogens with one attached hydrogen (secondary N) is 1. The van der Waals surface area contributed by atoms with Crippen molar-refractivity contribution in [3.05, 3.63) is 46.5 Å². The van der Waals surface area contributed by atoms with Gasteiger partial charge in [-0.05, 0) is 23.6 Å². The number of carbonyl (C=O) groups excluding carboxylic acids is 1. The molecule has 1 fully saturated rings. The fraction of sp³-hybridized carbons (Fsp3) is 0.471. The van der Waals surface area contributed by atoms with E-state index in [0.29, 0.717) is 38.6 Å². The second-order valence-electron chi connectivity index (χ2n) is 5.97. The minimum atomic E-state index is -0.479. The number of rotatable bonds is 7. The lowest BCUT2D eigenvalue weighted by atomic mass is 10.2. The number of furan rings is 1. The monoisotopic (exact) mass is 351 g/mol. The lowest BCUT2D eigenvalue weighted by Crippen LogP contribution is -3.15. The highest BCUT2D eigenvalue weighted by atomic mass is 32.1. The summed E-state index contributed by atoms with van der Waals surface area (Å²) >= 11 is 1.66. The van der Waals surface area contributed by atoms with Crippen LogP contribution in [0.2, 0.25) is 0 Å². The van der Waals surface area contributed by atoms with Crippen molar-refractivity contribution in [2.45, 2.75) is 12.7 Å². The van der Waals surface area contributed by atoms with Gasteiger partial charge in [0, 0.05) is 4.88 Å². The number of nitrogens with zero attached hydrogens (tertiary/aromatic N) is 1. The van der Waals surface area contributed by atoms with Gasteiger partial charge in [0.05, 0.1) is 45.7 Å². The summed E-state index contributed by atoms with van der Waals surface area (Å²) in [6, 6.07) is 7.43. The maximum absolute atomic E-state index is 12.2. The van der Waals surface area contributed by atoms with Crippen LogP contribution in [0, 0.1) is 0 Å². The average molecular weight is 351 g/mol. The molecule has 3 heterocycles. The second-order valence-corrected chi connectivity index (χ2v) is 7.00. The third-order valence-corrected chi connectivity index (χ3v) is 5.00. The molecule has 1 amide bonds. The van der Waals surface area contributed by atoms with Gasteiger partial charge in [0.25, 0.3) is 5.91 Å². The molecule has 130 valence electrons. The number of amides is 1. The van der Waals surface area contributed by atoms with Crippen LogP contribution in [-0.4, -0.2) is 61.3 Å². The summed E-state index contributed by atoms with van der Waals surface area (Å²) in [7, 11) is 0. The van der Waals surface area contributed by atoms with Crippen molar-refractivity contribution < 1.29 is 24.0 Å². The first-order valence-electron chi connectivity index (χ1n) is 8.17. The quantitative estimate of drug-likeness (QED) is 0.751. The molecular weight excluding hydrogens is 328 g/mol. The fourth-order valence-corrected chi connectivity index (χ4v) is 3.51. The normalized spacial score (nSPS) is 17.1. The third-order valence-electron chi connectivity index (χ3n) is 4.15. The van der Waals surface area contributed by atoms with Crippen LogP contribution in [-0.2, 0) is 11.3 Å². The SMILES string of the molecule is O=C(c1ccco1)N1CC[NH+](C[C@H](O)COCc2cccs2)CC1. The first-order valence-corrected chi connectivity index (χ1v) is 9.05. The van der Waals surface area contributed by atoms with Gasteiger partial charge in [0.15, 0.2) is 5.76 Å². The largest absolute Gasteiger partial charge is 0.459 e.